The molecule has 2 rings (SSSR count). The first-order valence-electron chi connectivity index (χ1n) is 4.77. The predicted molar refractivity (Wildman–Crippen MR) is 61.2 cm³/mol. The van der Waals surface area contributed by atoms with Gasteiger partial charge in [0.05, 0.1) is 0 Å². The van der Waals surface area contributed by atoms with Gasteiger partial charge in [-0.25, -0.2) is 0 Å². The molecule has 0 aromatic heterocycles. The van der Waals surface area contributed by atoms with Crippen LogP contribution in [0.3, 0.4) is 0 Å². The molecule has 0 fully saturated rings. The zero-order chi connectivity index (χ0) is 10.8. The van der Waals surface area contributed by atoms with E-state index < -0.39 is 0 Å². The molecule has 2 heteroatoms. The maximum Gasteiger partial charge on any atom is 0.119 e. The minimum Gasteiger partial charge on any atom is -0.508 e. The van der Waals surface area contributed by atoms with Gasteiger partial charge in [0.25, 0.3) is 0 Å². The Morgan fingerprint density at radius 2 is 1.93 bits per heavy atom. The molecule has 2 aromatic rings. The third-order valence-electron chi connectivity index (χ3n) is 2.44. The second kappa shape index (κ2) is 3.65. The maximum absolute atomic E-state index is 9.70. The third-order valence-corrected chi connectivity index (χ3v) is 2.44. The van der Waals surface area contributed by atoms with Gasteiger partial charge in [0.2, 0.25) is 0 Å². The zero-order valence-corrected chi connectivity index (χ0v) is 8.27. The van der Waals surface area contributed by atoms with E-state index >= 15 is 0 Å². The summed E-state index contributed by atoms with van der Waals surface area (Å²) < 4.78 is 0. The molecule has 0 atom stereocenters. The summed E-state index contributed by atoms with van der Waals surface area (Å²) in [6, 6.07) is 8.54. The van der Waals surface area contributed by atoms with Crippen molar-refractivity contribution in [3.05, 3.63) is 48.6 Å². The van der Waals surface area contributed by atoms with Gasteiger partial charge >= 0.3 is 0 Å². The molecular weight excluding hydrogens is 188 g/mol. The van der Waals surface area contributed by atoms with Crippen LogP contribution in [0.1, 0.15) is 5.56 Å². The summed E-state index contributed by atoms with van der Waals surface area (Å²) in [7, 11) is 0. The summed E-state index contributed by atoms with van der Waals surface area (Å²) in [6.07, 6.45) is 2.37. The Hall–Kier alpha value is -1.96. The molecule has 2 aromatic carbocycles. The third kappa shape index (κ3) is 1.66. The van der Waals surface area contributed by atoms with Gasteiger partial charge in [0.1, 0.15) is 11.5 Å². The van der Waals surface area contributed by atoms with Crippen molar-refractivity contribution < 1.29 is 10.2 Å². The maximum atomic E-state index is 9.70. The van der Waals surface area contributed by atoms with Crippen LogP contribution in [0.15, 0.2) is 43.0 Å². The molecule has 15 heavy (non-hydrogen) atoms. The van der Waals surface area contributed by atoms with Crippen LogP contribution in [-0.4, -0.2) is 10.2 Å². The van der Waals surface area contributed by atoms with E-state index in [-0.39, 0.29) is 11.5 Å². The van der Waals surface area contributed by atoms with Gasteiger partial charge in [-0.15, -0.1) is 6.58 Å². The van der Waals surface area contributed by atoms with Crippen molar-refractivity contribution in [1.29, 1.82) is 0 Å². The fraction of sp³-hybridized carbons (Fsp3) is 0.0769. The van der Waals surface area contributed by atoms with E-state index in [2.05, 4.69) is 6.58 Å². The van der Waals surface area contributed by atoms with E-state index in [4.69, 9.17) is 0 Å². The van der Waals surface area contributed by atoms with E-state index in [9.17, 15) is 10.2 Å². The molecule has 0 radical (unpaired) electrons. The normalized spacial score (nSPS) is 10.4. The van der Waals surface area contributed by atoms with Crippen LogP contribution in [0.4, 0.5) is 0 Å². The first-order valence-corrected chi connectivity index (χ1v) is 4.77. The smallest absolute Gasteiger partial charge is 0.119 e. The molecule has 2 N–H and O–H groups in total. The Bertz CT molecular complexity index is 515. The summed E-state index contributed by atoms with van der Waals surface area (Å²) in [5, 5.41) is 20.9. The molecule has 0 unspecified atom stereocenters. The van der Waals surface area contributed by atoms with Gasteiger partial charge in [0.15, 0.2) is 0 Å². The van der Waals surface area contributed by atoms with Gasteiger partial charge in [-0.1, -0.05) is 18.2 Å². The number of aromatic hydroxyl groups is 2. The van der Waals surface area contributed by atoms with Crippen molar-refractivity contribution in [1.82, 2.24) is 0 Å². The van der Waals surface area contributed by atoms with Crippen molar-refractivity contribution in [3.8, 4) is 11.5 Å². The second-order valence-electron chi connectivity index (χ2n) is 3.46. The molecule has 0 aliphatic rings. The highest BCUT2D eigenvalue weighted by Crippen LogP contribution is 2.29. The fourth-order valence-electron chi connectivity index (χ4n) is 1.73. The largest absolute Gasteiger partial charge is 0.508 e. The number of hydrogen-bond acceptors (Lipinski definition) is 2. The SMILES string of the molecule is C=CCc1c(O)ccc2cc(O)ccc12. The van der Waals surface area contributed by atoms with Crippen LogP contribution in [0.2, 0.25) is 0 Å². The van der Waals surface area contributed by atoms with Crippen LogP contribution >= 0.6 is 0 Å². The standard InChI is InChI=1S/C13H12O2/c1-2-3-12-11-6-5-10(14)8-9(11)4-7-13(12)15/h2,4-8,14-15H,1,3H2. The van der Waals surface area contributed by atoms with Crippen LogP contribution in [-0.2, 0) is 6.42 Å². The van der Waals surface area contributed by atoms with Crippen LogP contribution in [0.25, 0.3) is 10.8 Å². The van der Waals surface area contributed by atoms with Gasteiger partial charge < -0.3 is 10.2 Å². The van der Waals surface area contributed by atoms with Crippen molar-refractivity contribution in [3.63, 3.8) is 0 Å². The molecule has 0 saturated heterocycles. The van der Waals surface area contributed by atoms with Crippen LogP contribution in [0.5, 0.6) is 11.5 Å². The van der Waals surface area contributed by atoms with Crippen LogP contribution < -0.4 is 0 Å². The predicted octanol–water partition coefficient (Wildman–Crippen LogP) is 2.98. The highest BCUT2D eigenvalue weighted by molar-refractivity contribution is 5.88. The second-order valence-corrected chi connectivity index (χ2v) is 3.46. The van der Waals surface area contributed by atoms with E-state index in [1.165, 1.54) is 0 Å². The number of phenols is 2. The van der Waals surface area contributed by atoms with Crippen molar-refractivity contribution >= 4 is 10.8 Å². The Morgan fingerprint density at radius 1 is 1.13 bits per heavy atom. The topological polar surface area (TPSA) is 40.5 Å². The van der Waals surface area contributed by atoms with Crippen LogP contribution in [0, 0.1) is 0 Å². The Balaban J connectivity index is 2.75. The minimum absolute atomic E-state index is 0.234. The molecule has 0 bridgehead atoms. The molecule has 0 aliphatic carbocycles. The Morgan fingerprint density at radius 3 is 2.67 bits per heavy atom. The molecule has 76 valence electrons. The van der Waals surface area contributed by atoms with Gasteiger partial charge in [-0.3, -0.25) is 0 Å². The van der Waals surface area contributed by atoms with Gasteiger partial charge in [0, 0.05) is 5.56 Å². The number of allylic oxidation sites excluding steroid dienone is 1. The Labute approximate surface area is 88.1 Å². The van der Waals surface area contributed by atoms with Gasteiger partial charge in [-0.05, 0) is 35.4 Å². The molecule has 0 saturated carbocycles. The average Bonchev–Trinajstić information content (AvgIpc) is 2.22. The zero-order valence-electron chi connectivity index (χ0n) is 8.27. The number of fused-ring (bicyclic) bond motifs is 1. The van der Waals surface area contributed by atoms with Crippen molar-refractivity contribution in [2.45, 2.75) is 6.42 Å². The lowest BCUT2D eigenvalue weighted by molar-refractivity contribution is 0.470. The summed E-state index contributed by atoms with van der Waals surface area (Å²) >= 11 is 0. The number of phenolic OH excluding ortho intramolecular Hbond substituents is 2. The van der Waals surface area contributed by atoms with Gasteiger partial charge in [-0.2, -0.15) is 0 Å². The van der Waals surface area contributed by atoms with Crippen molar-refractivity contribution in [2.24, 2.45) is 0 Å². The average molecular weight is 200 g/mol. The molecule has 2 nitrogen and oxygen atoms in total. The molecule has 0 spiro atoms. The molecular formula is C13H12O2. The van der Waals surface area contributed by atoms with E-state index in [0.29, 0.717) is 6.42 Å². The summed E-state index contributed by atoms with van der Waals surface area (Å²) in [5.74, 6) is 0.505. The number of benzene rings is 2. The fourth-order valence-corrected chi connectivity index (χ4v) is 1.73. The quantitative estimate of drug-likeness (QED) is 0.731. The lowest BCUT2D eigenvalue weighted by atomic mass is 10.0. The highest BCUT2D eigenvalue weighted by atomic mass is 16.3. The highest BCUT2D eigenvalue weighted by Gasteiger charge is 2.05. The lowest BCUT2D eigenvalue weighted by Crippen LogP contribution is -1.85. The number of rotatable bonds is 2. The monoisotopic (exact) mass is 200 g/mol. The minimum atomic E-state index is 0.234. The lowest BCUT2D eigenvalue weighted by Gasteiger charge is -2.07. The molecule has 0 amide bonds. The molecule has 0 heterocycles. The van der Waals surface area contributed by atoms with E-state index in [0.717, 1.165) is 16.3 Å². The van der Waals surface area contributed by atoms with E-state index in [1.807, 2.05) is 6.07 Å². The first-order chi connectivity index (χ1) is 7.22. The summed E-state index contributed by atoms with van der Waals surface area (Å²) in [5.41, 5.74) is 0.850. The first kappa shape index (κ1) is 9.59. The Kier molecular flexibility index (Phi) is 2.34. The summed E-state index contributed by atoms with van der Waals surface area (Å²) in [6.45, 7) is 3.66. The summed E-state index contributed by atoms with van der Waals surface area (Å²) in [4.78, 5) is 0. The number of hydrogen-bond donors (Lipinski definition) is 2. The van der Waals surface area contributed by atoms with Crippen molar-refractivity contribution in [2.75, 3.05) is 0 Å². The van der Waals surface area contributed by atoms with E-state index in [1.54, 1.807) is 30.3 Å². The molecule has 0 aliphatic heterocycles.